The summed E-state index contributed by atoms with van der Waals surface area (Å²) in [5.74, 6) is 0.508. The number of sulfonamides is 1. The third-order valence-electron chi connectivity index (χ3n) is 4.87. The Morgan fingerprint density at radius 1 is 1.03 bits per heavy atom. The summed E-state index contributed by atoms with van der Waals surface area (Å²) in [6.45, 7) is 8.18. The zero-order chi connectivity index (χ0) is 22.1. The second-order valence-electron chi connectivity index (χ2n) is 7.75. The molecule has 5 nitrogen and oxygen atoms in total. The Morgan fingerprint density at radius 2 is 1.63 bits per heavy atom. The Kier molecular flexibility index (Phi) is 6.80. The lowest BCUT2D eigenvalue weighted by atomic mass is 10.0. The quantitative estimate of drug-likeness (QED) is 0.475. The van der Waals surface area contributed by atoms with E-state index in [1.54, 1.807) is 41.9 Å². The number of halogens is 2. The van der Waals surface area contributed by atoms with Crippen LogP contribution in [0.5, 0.6) is 0 Å². The van der Waals surface area contributed by atoms with Crippen molar-refractivity contribution in [3.05, 3.63) is 75.0 Å². The van der Waals surface area contributed by atoms with Gasteiger partial charge in [0.05, 0.1) is 28.5 Å². The molecule has 0 fully saturated rings. The van der Waals surface area contributed by atoms with Gasteiger partial charge in [0.2, 0.25) is 0 Å². The van der Waals surface area contributed by atoms with Crippen molar-refractivity contribution in [2.24, 2.45) is 5.92 Å². The monoisotopic (exact) mass is 465 g/mol. The largest absolute Gasteiger partial charge is 0.276 e. The molecule has 30 heavy (non-hydrogen) atoms. The highest BCUT2D eigenvalue weighted by molar-refractivity contribution is 7.92. The molecule has 0 saturated heterocycles. The Morgan fingerprint density at radius 3 is 2.20 bits per heavy atom. The van der Waals surface area contributed by atoms with E-state index in [0.717, 1.165) is 17.5 Å². The molecule has 1 aromatic heterocycles. The third-order valence-corrected chi connectivity index (χ3v) is 6.94. The van der Waals surface area contributed by atoms with Crippen molar-refractivity contribution in [3.8, 4) is 0 Å². The summed E-state index contributed by atoms with van der Waals surface area (Å²) in [6, 6.07) is 12.3. The molecule has 2 aromatic carbocycles. The van der Waals surface area contributed by atoms with E-state index in [0.29, 0.717) is 39.6 Å². The van der Waals surface area contributed by atoms with Crippen LogP contribution in [0.1, 0.15) is 36.4 Å². The fourth-order valence-electron chi connectivity index (χ4n) is 3.30. The van der Waals surface area contributed by atoms with Crippen molar-refractivity contribution in [2.45, 2.75) is 45.6 Å². The van der Waals surface area contributed by atoms with Gasteiger partial charge in [0.15, 0.2) is 0 Å². The van der Waals surface area contributed by atoms with Gasteiger partial charge in [0.25, 0.3) is 10.0 Å². The van der Waals surface area contributed by atoms with E-state index in [1.165, 1.54) is 0 Å². The van der Waals surface area contributed by atoms with Gasteiger partial charge in [0.1, 0.15) is 0 Å². The van der Waals surface area contributed by atoms with Gasteiger partial charge in [-0.2, -0.15) is 5.10 Å². The molecule has 3 rings (SSSR count). The highest BCUT2D eigenvalue weighted by atomic mass is 35.5. The van der Waals surface area contributed by atoms with Crippen molar-refractivity contribution in [2.75, 3.05) is 4.72 Å². The number of aryl methyl sites for hydroxylation is 1. The van der Waals surface area contributed by atoms with Crippen LogP contribution in [0.2, 0.25) is 10.0 Å². The van der Waals surface area contributed by atoms with E-state index in [-0.39, 0.29) is 4.90 Å². The van der Waals surface area contributed by atoms with Crippen LogP contribution in [0.4, 0.5) is 5.69 Å². The molecular formula is C22H25Cl2N3O2S. The van der Waals surface area contributed by atoms with Gasteiger partial charge in [-0.25, -0.2) is 8.42 Å². The molecule has 0 spiro atoms. The van der Waals surface area contributed by atoms with Gasteiger partial charge >= 0.3 is 0 Å². The molecule has 0 bridgehead atoms. The van der Waals surface area contributed by atoms with Crippen molar-refractivity contribution in [1.29, 1.82) is 0 Å². The smallest absolute Gasteiger partial charge is 0.262 e. The molecule has 1 N–H and O–H groups in total. The Bertz CT molecular complexity index is 1130. The fourth-order valence-corrected chi connectivity index (χ4v) is 4.99. The molecule has 0 radical (unpaired) electrons. The first-order valence-electron chi connectivity index (χ1n) is 9.67. The van der Waals surface area contributed by atoms with Gasteiger partial charge in [0, 0.05) is 15.6 Å². The average molecular weight is 466 g/mol. The van der Waals surface area contributed by atoms with Crippen LogP contribution in [0.15, 0.2) is 47.4 Å². The zero-order valence-electron chi connectivity index (χ0n) is 17.4. The van der Waals surface area contributed by atoms with E-state index < -0.39 is 10.0 Å². The minimum absolute atomic E-state index is 0.218. The molecule has 0 amide bonds. The minimum atomic E-state index is -3.73. The van der Waals surface area contributed by atoms with Gasteiger partial charge in [-0.1, -0.05) is 55.2 Å². The summed E-state index contributed by atoms with van der Waals surface area (Å²) in [5, 5.41) is 5.57. The number of aromatic nitrogens is 2. The first-order chi connectivity index (χ1) is 14.1. The Balaban J connectivity index is 1.86. The number of nitrogens with zero attached hydrogens (tertiary/aromatic N) is 2. The lowest BCUT2D eigenvalue weighted by molar-refractivity contribution is 0.601. The van der Waals surface area contributed by atoms with Gasteiger partial charge in [-0.3, -0.25) is 9.40 Å². The van der Waals surface area contributed by atoms with Crippen molar-refractivity contribution in [3.63, 3.8) is 0 Å². The summed E-state index contributed by atoms with van der Waals surface area (Å²) in [5.41, 5.74) is 3.57. The minimum Gasteiger partial charge on any atom is -0.276 e. The molecule has 0 aliphatic carbocycles. The average Bonchev–Trinajstić information content (AvgIpc) is 2.92. The molecule has 160 valence electrons. The molecule has 0 unspecified atom stereocenters. The third kappa shape index (κ3) is 4.99. The van der Waals surface area contributed by atoms with E-state index in [9.17, 15) is 8.42 Å². The van der Waals surface area contributed by atoms with E-state index in [4.69, 9.17) is 23.2 Å². The predicted octanol–water partition coefficient (Wildman–Crippen LogP) is 5.85. The molecule has 0 aliphatic heterocycles. The highest BCUT2D eigenvalue weighted by Gasteiger charge is 2.21. The first-order valence-corrected chi connectivity index (χ1v) is 11.9. The topological polar surface area (TPSA) is 64.0 Å². The summed E-state index contributed by atoms with van der Waals surface area (Å²) in [7, 11) is -3.73. The number of nitrogens with one attached hydrogen (secondary N) is 1. The molecular weight excluding hydrogens is 441 g/mol. The number of anilines is 1. The second kappa shape index (κ2) is 9.00. The summed E-state index contributed by atoms with van der Waals surface area (Å²) in [6.07, 6.45) is 0.906. The summed E-state index contributed by atoms with van der Waals surface area (Å²) >= 11 is 12.5. The van der Waals surface area contributed by atoms with Crippen LogP contribution >= 0.6 is 23.2 Å². The van der Waals surface area contributed by atoms with E-state index in [2.05, 4.69) is 23.7 Å². The van der Waals surface area contributed by atoms with Crippen LogP contribution in [0.3, 0.4) is 0 Å². The molecule has 3 aromatic rings. The molecule has 0 saturated carbocycles. The van der Waals surface area contributed by atoms with Crippen molar-refractivity contribution < 1.29 is 8.42 Å². The second-order valence-corrected chi connectivity index (χ2v) is 10.2. The molecule has 0 aliphatic rings. The molecule has 8 heteroatoms. The maximum absolute atomic E-state index is 12.9. The van der Waals surface area contributed by atoms with E-state index in [1.807, 2.05) is 19.1 Å². The summed E-state index contributed by atoms with van der Waals surface area (Å²) in [4.78, 5) is 0.218. The van der Waals surface area contributed by atoms with Crippen molar-refractivity contribution in [1.82, 2.24) is 9.78 Å². The molecule has 1 heterocycles. The Labute approximate surface area is 188 Å². The number of hydrogen-bond donors (Lipinski definition) is 1. The van der Waals surface area contributed by atoms with Gasteiger partial charge in [-0.05, 0) is 56.0 Å². The Hall–Kier alpha value is -2.02. The number of benzene rings is 2. The predicted molar refractivity (Wildman–Crippen MR) is 123 cm³/mol. The van der Waals surface area contributed by atoms with Crippen LogP contribution in [-0.4, -0.2) is 18.2 Å². The molecule has 0 atom stereocenters. The SMILES string of the molecule is Cc1nn(Cc2c(Cl)cccc2Cl)c(C)c1NS(=O)(=O)c1ccc(CC(C)C)cc1. The van der Waals surface area contributed by atoms with Gasteiger partial charge in [-0.15, -0.1) is 0 Å². The normalized spacial score (nSPS) is 11.8. The van der Waals surface area contributed by atoms with Gasteiger partial charge < -0.3 is 0 Å². The lowest BCUT2D eigenvalue weighted by Crippen LogP contribution is -2.14. The summed E-state index contributed by atoms with van der Waals surface area (Å²) < 4.78 is 30.2. The lowest BCUT2D eigenvalue weighted by Gasteiger charge is -2.11. The maximum atomic E-state index is 12.9. The van der Waals surface area contributed by atoms with Crippen LogP contribution in [-0.2, 0) is 23.0 Å². The number of rotatable bonds is 7. The van der Waals surface area contributed by atoms with E-state index >= 15 is 0 Å². The van der Waals surface area contributed by atoms with Crippen LogP contribution in [0.25, 0.3) is 0 Å². The standard InChI is InChI=1S/C22H25Cl2N3O2S/c1-14(2)12-17-8-10-18(11-9-17)30(28,29)26-22-15(3)25-27(16(22)4)13-19-20(23)6-5-7-21(19)24/h5-11,14,26H,12-13H2,1-4H3. The van der Waals surface area contributed by atoms with Crippen LogP contribution < -0.4 is 4.72 Å². The maximum Gasteiger partial charge on any atom is 0.262 e. The van der Waals surface area contributed by atoms with Crippen molar-refractivity contribution >= 4 is 38.9 Å². The number of hydrogen-bond acceptors (Lipinski definition) is 3. The van der Waals surface area contributed by atoms with Crippen LogP contribution in [0, 0.1) is 19.8 Å². The highest BCUT2D eigenvalue weighted by Crippen LogP contribution is 2.28. The zero-order valence-corrected chi connectivity index (χ0v) is 19.7. The first kappa shape index (κ1) is 22.7. The fraction of sp³-hybridized carbons (Fsp3) is 0.318.